The Bertz CT molecular complexity index is 1000. The third-order valence-electron chi connectivity index (χ3n) is 5.32. The minimum Gasteiger partial charge on any atom is -0.351 e. The summed E-state index contributed by atoms with van der Waals surface area (Å²) in [4.78, 5) is 18.5. The average molecular weight is 412 g/mol. The molecule has 1 fully saturated rings. The molecule has 1 aliphatic rings. The van der Waals surface area contributed by atoms with Gasteiger partial charge >= 0.3 is 0 Å². The molecule has 30 heavy (non-hydrogen) atoms. The second kappa shape index (κ2) is 9.13. The Morgan fingerprint density at radius 3 is 2.70 bits per heavy atom. The number of amides is 1. The molecule has 0 aliphatic carbocycles. The van der Waals surface area contributed by atoms with Gasteiger partial charge in [-0.1, -0.05) is 17.3 Å². The lowest BCUT2D eigenvalue weighted by Crippen LogP contribution is -2.32. The Morgan fingerprint density at radius 1 is 1.13 bits per heavy atom. The second-order valence-electron chi connectivity index (χ2n) is 7.46. The zero-order chi connectivity index (χ0) is 20.9. The first-order valence-electron chi connectivity index (χ1n) is 9.88. The highest BCUT2D eigenvalue weighted by Crippen LogP contribution is 2.28. The van der Waals surface area contributed by atoms with E-state index in [1.54, 1.807) is 24.5 Å². The van der Waals surface area contributed by atoms with Crippen LogP contribution >= 0.6 is 0 Å². The average Bonchev–Trinajstić information content (AvgIpc) is 3.26. The molecule has 4 rings (SSSR count). The van der Waals surface area contributed by atoms with Crippen molar-refractivity contribution in [3.8, 4) is 0 Å². The van der Waals surface area contributed by atoms with Crippen molar-refractivity contribution in [3.63, 3.8) is 0 Å². The van der Waals surface area contributed by atoms with Crippen molar-refractivity contribution >= 4 is 5.91 Å². The van der Waals surface area contributed by atoms with Crippen LogP contribution in [0, 0.1) is 11.6 Å². The van der Waals surface area contributed by atoms with Crippen LogP contribution in [0.4, 0.5) is 8.78 Å². The molecule has 156 valence electrons. The molecule has 1 amide bonds. The smallest absolute Gasteiger partial charge is 0.290 e. The van der Waals surface area contributed by atoms with Crippen LogP contribution in [0.25, 0.3) is 0 Å². The molecule has 1 aromatic carbocycles. The van der Waals surface area contributed by atoms with Gasteiger partial charge in [0.25, 0.3) is 5.91 Å². The van der Waals surface area contributed by atoms with E-state index in [1.165, 1.54) is 6.07 Å². The maximum absolute atomic E-state index is 13.4. The molecule has 3 aromatic rings. The summed E-state index contributed by atoms with van der Waals surface area (Å²) in [6, 6.07) is 9.41. The summed E-state index contributed by atoms with van der Waals surface area (Å²) >= 11 is 0. The molecule has 0 spiro atoms. The molecule has 0 radical (unpaired) electrons. The molecule has 0 saturated carbocycles. The number of likely N-dealkylation sites (tertiary alicyclic amines) is 1. The van der Waals surface area contributed by atoms with E-state index in [-0.39, 0.29) is 17.6 Å². The van der Waals surface area contributed by atoms with Crippen LogP contribution < -0.4 is 5.32 Å². The van der Waals surface area contributed by atoms with Crippen LogP contribution in [0.5, 0.6) is 0 Å². The molecule has 1 N–H and O–H groups in total. The van der Waals surface area contributed by atoms with Gasteiger partial charge in [-0.05, 0) is 55.3 Å². The summed E-state index contributed by atoms with van der Waals surface area (Å²) < 4.78 is 31.7. The monoisotopic (exact) mass is 412 g/mol. The summed E-state index contributed by atoms with van der Waals surface area (Å²) in [6.45, 7) is 2.55. The zero-order valence-corrected chi connectivity index (χ0v) is 16.4. The van der Waals surface area contributed by atoms with E-state index in [4.69, 9.17) is 4.52 Å². The third kappa shape index (κ3) is 4.88. The minimum atomic E-state index is -0.830. The summed E-state index contributed by atoms with van der Waals surface area (Å²) in [7, 11) is 0. The normalized spacial score (nSPS) is 15.3. The SMILES string of the molecule is O=C(NCc1cccnc1)c1cc(C2CCN(Cc3ccc(F)c(F)c3)CC2)no1. The molecular weight excluding hydrogens is 390 g/mol. The van der Waals surface area contributed by atoms with Gasteiger partial charge in [0.2, 0.25) is 5.76 Å². The number of carbonyl (C=O) groups excluding carboxylic acids is 1. The maximum atomic E-state index is 13.4. The van der Waals surface area contributed by atoms with Gasteiger partial charge in [-0.25, -0.2) is 8.78 Å². The van der Waals surface area contributed by atoms with Gasteiger partial charge in [0.05, 0.1) is 5.69 Å². The molecule has 8 heteroatoms. The van der Waals surface area contributed by atoms with Gasteiger partial charge in [0.15, 0.2) is 11.6 Å². The number of hydrogen-bond acceptors (Lipinski definition) is 5. The fourth-order valence-electron chi connectivity index (χ4n) is 3.64. The van der Waals surface area contributed by atoms with Crippen LogP contribution in [0.3, 0.4) is 0 Å². The van der Waals surface area contributed by atoms with Crippen LogP contribution in [0.2, 0.25) is 0 Å². The zero-order valence-electron chi connectivity index (χ0n) is 16.4. The minimum absolute atomic E-state index is 0.193. The van der Waals surface area contributed by atoms with Crippen LogP contribution in [0.1, 0.15) is 46.1 Å². The second-order valence-corrected chi connectivity index (χ2v) is 7.46. The molecule has 0 atom stereocenters. The fraction of sp³-hybridized carbons (Fsp3) is 0.318. The summed E-state index contributed by atoms with van der Waals surface area (Å²) in [5.41, 5.74) is 2.43. The molecular formula is C22H22F2N4O2. The van der Waals surface area contributed by atoms with Gasteiger partial charge in [-0.3, -0.25) is 14.7 Å². The molecule has 0 bridgehead atoms. The number of piperidine rings is 1. The lowest BCUT2D eigenvalue weighted by molar-refractivity contribution is 0.0913. The van der Waals surface area contributed by atoms with Crippen LogP contribution in [-0.4, -0.2) is 34.0 Å². The third-order valence-corrected chi connectivity index (χ3v) is 5.32. The molecule has 1 saturated heterocycles. The van der Waals surface area contributed by atoms with E-state index >= 15 is 0 Å². The van der Waals surface area contributed by atoms with Crippen LogP contribution in [-0.2, 0) is 13.1 Å². The van der Waals surface area contributed by atoms with E-state index < -0.39 is 11.6 Å². The van der Waals surface area contributed by atoms with E-state index in [1.807, 2.05) is 12.1 Å². The standard InChI is InChI=1S/C22H22F2N4O2/c23-18-4-3-15(10-19(18)24)14-28-8-5-17(6-9-28)20-11-21(30-27-20)22(29)26-13-16-2-1-7-25-12-16/h1-4,7,10-12,17H,5-6,8-9,13-14H2,(H,26,29). The number of benzene rings is 1. The van der Waals surface area contributed by atoms with Crippen molar-refractivity contribution in [1.29, 1.82) is 0 Å². The number of nitrogens with zero attached hydrogens (tertiary/aromatic N) is 3. The first kappa shape index (κ1) is 20.2. The van der Waals surface area contributed by atoms with Crippen molar-refractivity contribution in [2.75, 3.05) is 13.1 Å². The summed E-state index contributed by atoms with van der Waals surface area (Å²) in [5, 5.41) is 6.88. The van der Waals surface area contributed by atoms with Crippen molar-refractivity contribution in [2.45, 2.75) is 31.8 Å². The highest BCUT2D eigenvalue weighted by Gasteiger charge is 2.25. The molecule has 2 aromatic heterocycles. The lowest BCUT2D eigenvalue weighted by Gasteiger charge is -2.31. The Labute approximate surface area is 172 Å². The van der Waals surface area contributed by atoms with E-state index in [0.717, 1.165) is 48.8 Å². The van der Waals surface area contributed by atoms with Crippen molar-refractivity contribution in [3.05, 3.63) is 83.0 Å². The first-order chi connectivity index (χ1) is 14.6. The van der Waals surface area contributed by atoms with Crippen molar-refractivity contribution < 1.29 is 18.1 Å². The van der Waals surface area contributed by atoms with E-state index in [9.17, 15) is 13.6 Å². The lowest BCUT2D eigenvalue weighted by atomic mass is 9.93. The number of pyridine rings is 1. The predicted molar refractivity (Wildman–Crippen MR) is 106 cm³/mol. The van der Waals surface area contributed by atoms with Gasteiger partial charge in [-0.15, -0.1) is 0 Å². The largest absolute Gasteiger partial charge is 0.351 e. The Kier molecular flexibility index (Phi) is 6.13. The summed E-state index contributed by atoms with van der Waals surface area (Å²) in [6.07, 6.45) is 5.08. The van der Waals surface area contributed by atoms with Gasteiger partial charge < -0.3 is 9.84 Å². The van der Waals surface area contributed by atoms with Crippen LogP contribution in [0.15, 0.2) is 53.3 Å². The highest BCUT2D eigenvalue weighted by molar-refractivity contribution is 5.91. The molecule has 0 unspecified atom stereocenters. The maximum Gasteiger partial charge on any atom is 0.290 e. The quantitative estimate of drug-likeness (QED) is 0.669. The number of rotatable bonds is 6. The van der Waals surface area contributed by atoms with Crippen molar-refractivity contribution in [1.82, 2.24) is 20.4 Å². The predicted octanol–water partition coefficient (Wildman–Crippen LogP) is 3.66. The number of nitrogens with one attached hydrogen (secondary N) is 1. The van der Waals surface area contributed by atoms with Gasteiger partial charge in [0.1, 0.15) is 0 Å². The Balaban J connectivity index is 1.28. The highest BCUT2D eigenvalue weighted by atomic mass is 19.2. The van der Waals surface area contributed by atoms with Crippen molar-refractivity contribution in [2.24, 2.45) is 0 Å². The molecule has 1 aliphatic heterocycles. The van der Waals surface area contributed by atoms with Gasteiger partial charge in [0, 0.05) is 37.5 Å². The first-order valence-corrected chi connectivity index (χ1v) is 9.88. The Morgan fingerprint density at radius 2 is 1.97 bits per heavy atom. The Hall–Kier alpha value is -3.13. The van der Waals surface area contributed by atoms with E-state index in [2.05, 4.69) is 20.4 Å². The topological polar surface area (TPSA) is 71.3 Å². The summed E-state index contributed by atoms with van der Waals surface area (Å²) in [5.74, 6) is -1.57. The van der Waals surface area contributed by atoms with Gasteiger partial charge in [-0.2, -0.15) is 0 Å². The number of halogens is 2. The fourth-order valence-corrected chi connectivity index (χ4v) is 3.64. The number of carbonyl (C=O) groups is 1. The molecule has 6 nitrogen and oxygen atoms in total. The number of aromatic nitrogens is 2. The van der Waals surface area contributed by atoms with E-state index in [0.29, 0.717) is 13.1 Å². The number of hydrogen-bond donors (Lipinski definition) is 1. The molecule has 3 heterocycles.